The van der Waals surface area contributed by atoms with E-state index >= 15 is 0 Å². The number of methoxy groups -OCH3 is 2. The first kappa shape index (κ1) is 16.4. The van der Waals surface area contributed by atoms with Crippen LogP contribution >= 0.6 is 0 Å². The standard InChI is InChI=1S/C16H19N3O4S/c1-22-13-6-7-15(14(9-13)23-2)24(20,21)19-12-5-8-16(17-10-12)18-11-3-4-11/h5-11,19H,3-4H2,1-2H3,(H,17,18). The summed E-state index contributed by atoms with van der Waals surface area (Å²) in [5, 5.41) is 3.25. The Bertz CT molecular complexity index is 818. The molecule has 3 rings (SSSR count). The fourth-order valence-corrected chi connectivity index (χ4v) is 3.38. The molecule has 0 saturated heterocycles. The second-order valence-corrected chi connectivity index (χ2v) is 7.12. The molecule has 0 amide bonds. The lowest BCUT2D eigenvalue weighted by Gasteiger charge is -2.13. The van der Waals surface area contributed by atoms with Crippen molar-refractivity contribution in [1.29, 1.82) is 0 Å². The van der Waals surface area contributed by atoms with Crippen molar-refractivity contribution in [3.8, 4) is 11.5 Å². The molecule has 0 bridgehead atoms. The summed E-state index contributed by atoms with van der Waals surface area (Å²) in [5.41, 5.74) is 0.384. The molecule has 2 aromatic rings. The van der Waals surface area contributed by atoms with Crippen LogP contribution in [0, 0.1) is 0 Å². The van der Waals surface area contributed by atoms with Crippen molar-refractivity contribution in [2.45, 2.75) is 23.8 Å². The number of hydrogen-bond acceptors (Lipinski definition) is 6. The second kappa shape index (κ2) is 6.56. The Morgan fingerprint density at radius 3 is 2.50 bits per heavy atom. The van der Waals surface area contributed by atoms with Gasteiger partial charge in [-0.05, 0) is 37.1 Å². The Balaban J connectivity index is 1.80. The van der Waals surface area contributed by atoms with Gasteiger partial charge in [0.1, 0.15) is 22.2 Å². The van der Waals surface area contributed by atoms with E-state index < -0.39 is 10.0 Å². The minimum atomic E-state index is -3.80. The van der Waals surface area contributed by atoms with Crippen molar-refractivity contribution in [3.63, 3.8) is 0 Å². The fraction of sp³-hybridized carbons (Fsp3) is 0.312. The molecule has 0 aliphatic heterocycles. The molecule has 1 heterocycles. The van der Waals surface area contributed by atoms with Crippen LogP contribution in [0.1, 0.15) is 12.8 Å². The van der Waals surface area contributed by atoms with E-state index in [-0.39, 0.29) is 10.6 Å². The molecule has 0 spiro atoms. The summed E-state index contributed by atoms with van der Waals surface area (Å²) in [7, 11) is -0.881. The van der Waals surface area contributed by atoms with Crippen LogP contribution in [-0.2, 0) is 10.0 Å². The summed E-state index contributed by atoms with van der Waals surface area (Å²) < 4.78 is 37.9. The molecule has 7 nitrogen and oxygen atoms in total. The average Bonchev–Trinajstić information content (AvgIpc) is 3.39. The monoisotopic (exact) mass is 349 g/mol. The van der Waals surface area contributed by atoms with E-state index in [2.05, 4.69) is 15.0 Å². The van der Waals surface area contributed by atoms with E-state index in [1.54, 1.807) is 18.2 Å². The van der Waals surface area contributed by atoms with Crippen molar-refractivity contribution >= 4 is 21.5 Å². The number of hydrogen-bond donors (Lipinski definition) is 2. The zero-order chi connectivity index (χ0) is 17.2. The maximum absolute atomic E-state index is 12.6. The van der Waals surface area contributed by atoms with E-state index in [0.717, 1.165) is 18.7 Å². The topological polar surface area (TPSA) is 89.6 Å². The van der Waals surface area contributed by atoms with Crippen LogP contribution in [0.3, 0.4) is 0 Å². The van der Waals surface area contributed by atoms with E-state index in [0.29, 0.717) is 17.5 Å². The van der Waals surface area contributed by atoms with Gasteiger partial charge in [0, 0.05) is 12.1 Å². The summed E-state index contributed by atoms with van der Waals surface area (Å²) in [5.74, 6) is 1.47. The number of ether oxygens (including phenoxy) is 2. The van der Waals surface area contributed by atoms with E-state index in [1.807, 2.05) is 0 Å². The molecule has 1 saturated carbocycles. The van der Waals surface area contributed by atoms with Crippen LogP contribution in [0.15, 0.2) is 41.4 Å². The predicted molar refractivity (Wildman–Crippen MR) is 91.2 cm³/mol. The smallest absolute Gasteiger partial charge is 0.265 e. The molecule has 1 aliphatic rings. The van der Waals surface area contributed by atoms with Crippen LogP contribution in [0.2, 0.25) is 0 Å². The van der Waals surface area contributed by atoms with Crippen LogP contribution in [0.25, 0.3) is 0 Å². The van der Waals surface area contributed by atoms with Crippen molar-refractivity contribution in [2.75, 3.05) is 24.3 Å². The van der Waals surface area contributed by atoms with Gasteiger partial charge in [0.15, 0.2) is 0 Å². The molecule has 24 heavy (non-hydrogen) atoms. The van der Waals surface area contributed by atoms with Crippen LogP contribution in [-0.4, -0.2) is 33.7 Å². The van der Waals surface area contributed by atoms with Gasteiger partial charge in [-0.3, -0.25) is 4.72 Å². The molecular formula is C16H19N3O4S. The molecule has 0 unspecified atom stereocenters. The SMILES string of the molecule is COc1ccc(S(=O)(=O)Nc2ccc(NC3CC3)nc2)c(OC)c1. The lowest BCUT2D eigenvalue weighted by molar-refractivity contribution is 0.386. The number of rotatable bonds is 7. The Kier molecular flexibility index (Phi) is 4.48. The lowest BCUT2D eigenvalue weighted by atomic mass is 10.3. The van der Waals surface area contributed by atoms with Crippen LogP contribution in [0.4, 0.5) is 11.5 Å². The third-order valence-electron chi connectivity index (χ3n) is 3.61. The highest BCUT2D eigenvalue weighted by atomic mass is 32.2. The third kappa shape index (κ3) is 3.70. The molecule has 1 fully saturated rings. The first-order valence-electron chi connectivity index (χ1n) is 7.49. The normalized spacial score (nSPS) is 14.1. The van der Waals surface area contributed by atoms with Gasteiger partial charge in [-0.1, -0.05) is 0 Å². The molecule has 0 atom stereocenters. The summed E-state index contributed by atoms with van der Waals surface area (Å²) in [6.45, 7) is 0. The van der Waals surface area contributed by atoms with Gasteiger partial charge in [0.2, 0.25) is 0 Å². The maximum Gasteiger partial charge on any atom is 0.265 e. The summed E-state index contributed by atoms with van der Waals surface area (Å²) in [6.07, 6.45) is 3.78. The number of nitrogens with one attached hydrogen (secondary N) is 2. The van der Waals surface area contributed by atoms with E-state index in [4.69, 9.17) is 9.47 Å². The highest BCUT2D eigenvalue weighted by molar-refractivity contribution is 7.92. The van der Waals surface area contributed by atoms with Crippen LogP contribution in [0.5, 0.6) is 11.5 Å². The Hall–Kier alpha value is -2.48. The van der Waals surface area contributed by atoms with Gasteiger partial charge in [0.05, 0.1) is 26.1 Å². The Labute approximate surface area is 141 Å². The van der Waals surface area contributed by atoms with Crippen molar-refractivity contribution in [3.05, 3.63) is 36.5 Å². The van der Waals surface area contributed by atoms with Gasteiger partial charge in [-0.2, -0.15) is 0 Å². The minimum absolute atomic E-state index is 0.0333. The number of benzene rings is 1. The average molecular weight is 349 g/mol. The molecular weight excluding hydrogens is 330 g/mol. The largest absolute Gasteiger partial charge is 0.497 e. The minimum Gasteiger partial charge on any atom is -0.497 e. The maximum atomic E-state index is 12.6. The highest BCUT2D eigenvalue weighted by Crippen LogP contribution is 2.30. The molecule has 1 aromatic heterocycles. The van der Waals surface area contributed by atoms with Gasteiger partial charge in [0.25, 0.3) is 10.0 Å². The molecule has 1 aliphatic carbocycles. The molecule has 1 aromatic carbocycles. The van der Waals surface area contributed by atoms with Crippen molar-refractivity contribution < 1.29 is 17.9 Å². The molecule has 128 valence electrons. The number of pyridine rings is 1. The lowest BCUT2D eigenvalue weighted by Crippen LogP contribution is -2.14. The number of sulfonamides is 1. The number of aromatic nitrogens is 1. The zero-order valence-electron chi connectivity index (χ0n) is 13.4. The van der Waals surface area contributed by atoms with Gasteiger partial charge >= 0.3 is 0 Å². The summed E-state index contributed by atoms with van der Waals surface area (Å²) in [4.78, 5) is 4.25. The van der Waals surface area contributed by atoms with E-state index in [1.165, 1.54) is 32.5 Å². The molecule has 0 radical (unpaired) electrons. The van der Waals surface area contributed by atoms with Crippen molar-refractivity contribution in [2.24, 2.45) is 0 Å². The summed E-state index contributed by atoms with van der Waals surface area (Å²) >= 11 is 0. The molecule has 8 heteroatoms. The second-order valence-electron chi connectivity index (χ2n) is 5.47. The van der Waals surface area contributed by atoms with Gasteiger partial charge in [-0.15, -0.1) is 0 Å². The first-order chi connectivity index (χ1) is 11.5. The molecule has 2 N–H and O–H groups in total. The Morgan fingerprint density at radius 1 is 1.12 bits per heavy atom. The first-order valence-corrected chi connectivity index (χ1v) is 8.97. The zero-order valence-corrected chi connectivity index (χ0v) is 14.3. The number of nitrogens with zero attached hydrogens (tertiary/aromatic N) is 1. The van der Waals surface area contributed by atoms with Gasteiger partial charge in [-0.25, -0.2) is 13.4 Å². The third-order valence-corrected chi connectivity index (χ3v) is 5.03. The van der Waals surface area contributed by atoms with Crippen LogP contribution < -0.4 is 19.5 Å². The predicted octanol–water partition coefficient (Wildman–Crippen LogP) is 2.47. The quantitative estimate of drug-likeness (QED) is 0.798. The Morgan fingerprint density at radius 2 is 1.92 bits per heavy atom. The number of anilines is 2. The highest BCUT2D eigenvalue weighted by Gasteiger charge is 2.22. The van der Waals surface area contributed by atoms with Crippen molar-refractivity contribution in [1.82, 2.24) is 4.98 Å². The fourth-order valence-electron chi connectivity index (χ4n) is 2.18. The summed E-state index contributed by atoms with van der Waals surface area (Å²) in [6, 6.07) is 8.44. The van der Waals surface area contributed by atoms with E-state index in [9.17, 15) is 8.42 Å². The van der Waals surface area contributed by atoms with Gasteiger partial charge < -0.3 is 14.8 Å².